The third-order valence-electron chi connectivity index (χ3n) is 1.83. The Morgan fingerprint density at radius 3 is 2.93 bits per heavy atom. The van der Waals surface area contributed by atoms with Crippen molar-refractivity contribution in [2.45, 2.75) is 13.3 Å². The molecule has 1 aromatic rings. The van der Waals surface area contributed by atoms with Gasteiger partial charge in [-0.15, -0.1) is 0 Å². The molecule has 0 radical (unpaired) electrons. The lowest BCUT2D eigenvalue weighted by Gasteiger charge is -2.01. The van der Waals surface area contributed by atoms with E-state index in [9.17, 15) is 14.9 Å². The molecular weight excluding hydrogens is 202 g/mol. The Labute approximate surface area is 85.8 Å². The van der Waals surface area contributed by atoms with E-state index in [0.717, 1.165) is 0 Å². The molecule has 0 N–H and O–H groups in total. The summed E-state index contributed by atoms with van der Waals surface area (Å²) in [6.45, 7) is 1.93. The smallest absolute Gasteiger partial charge is 0.385 e. The molecule has 0 saturated heterocycles. The lowest BCUT2D eigenvalue weighted by molar-refractivity contribution is -0.390. The summed E-state index contributed by atoms with van der Waals surface area (Å²) in [5, 5.41) is 10.6. The summed E-state index contributed by atoms with van der Waals surface area (Å²) in [4.78, 5) is 24.7. The topological polar surface area (TPSA) is 87.3 Å². The Balaban J connectivity index is 2.88. The van der Waals surface area contributed by atoms with Crippen LogP contribution in [0.1, 0.15) is 12.6 Å². The highest BCUT2D eigenvalue weighted by molar-refractivity contribution is 5.73. The monoisotopic (exact) mass is 213 g/mol. The Kier molecular flexibility index (Phi) is 3.37. The predicted molar refractivity (Wildman–Crippen MR) is 50.2 cm³/mol. The molecule has 7 heteroatoms. The number of ether oxygens (including phenoxy) is 1. The summed E-state index contributed by atoms with van der Waals surface area (Å²) >= 11 is 0. The summed E-state index contributed by atoms with van der Waals surface area (Å²) < 4.78 is 6.14. The summed E-state index contributed by atoms with van der Waals surface area (Å²) in [6.07, 6.45) is 1.16. The molecule has 7 nitrogen and oxygen atoms in total. The highest BCUT2D eigenvalue weighted by Gasteiger charge is 2.22. The van der Waals surface area contributed by atoms with E-state index >= 15 is 0 Å². The quantitative estimate of drug-likeness (QED) is 0.411. The number of imidazole rings is 1. The third-order valence-corrected chi connectivity index (χ3v) is 1.83. The van der Waals surface area contributed by atoms with E-state index < -0.39 is 10.9 Å². The Bertz CT molecular complexity index is 385. The van der Waals surface area contributed by atoms with Gasteiger partial charge in [0.05, 0.1) is 13.0 Å². The van der Waals surface area contributed by atoms with Crippen LogP contribution in [0.5, 0.6) is 0 Å². The van der Waals surface area contributed by atoms with Crippen molar-refractivity contribution in [3.05, 3.63) is 22.1 Å². The van der Waals surface area contributed by atoms with Gasteiger partial charge in [0.15, 0.2) is 0 Å². The first-order chi connectivity index (χ1) is 7.06. The summed E-state index contributed by atoms with van der Waals surface area (Å²) in [5.74, 6) is -0.797. The van der Waals surface area contributed by atoms with Gasteiger partial charge >= 0.3 is 11.8 Å². The minimum Gasteiger partial charge on any atom is -0.466 e. The van der Waals surface area contributed by atoms with Gasteiger partial charge in [-0.3, -0.25) is 4.79 Å². The second-order valence-corrected chi connectivity index (χ2v) is 2.86. The number of hydrogen-bond donors (Lipinski definition) is 0. The van der Waals surface area contributed by atoms with E-state index in [2.05, 4.69) is 4.98 Å². The molecule has 1 rings (SSSR count). The number of carbonyl (C=O) groups is 1. The normalized spacial score (nSPS) is 10.0. The van der Waals surface area contributed by atoms with E-state index in [-0.39, 0.29) is 24.5 Å². The maximum atomic E-state index is 11.2. The van der Waals surface area contributed by atoms with E-state index in [4.69, 9.17) is 4.74 Å². The van der Waals surface area contributed by atoms with Crippen molar-refractivity contribution >= 4 is 11.8 Å². The minimum absolute atomic E-state index is 0.138. The maximum Gasteiger partial charge on any atom is 0.385 e. The molecule has 0 unspecified atom stereocenters. The van der Waals surface area contributed by atoms with Crippen molar-refractivity contribution in [2.75, 3.05) is 6.61 Å². The SMILES string of the molecule is CCOC(=O)Cc1c([N+](=O)[O-])ncn1C. The number of carbonyl (C=O) groups excluding carboxylic acids is 1. The van der Waals surface area contributed by atoms with Crippen molar-refractivity contribution < 1.29 is 14.5 Å². The van der Waals surface area contributed by atoms with Gasteiger partial charge < -0.3 is 19.4 Å². The summed E-state index contributed by atoms with van der Waals surface area (Å²) in [5.41, 5.74) is 0.249. The van der Waals surface area contributed by atoms with Crippen LogP contribution in [0.2, 0.25) is 0 Å². The average Bonchev–Trinajstić information content (AvgIpc) is 2.48. The number of aryl methyl sites for hydroxylation is 1. The molecule has 0 aliphatic carbocycles. The van der Waals surface area contributed by atoms with E-state index in [0.29, 0.717) is 0 Å². The van der Waals surface area contributed by atoms with Crippen LogP contribution in [0.25, 0.3) is 0 Å². The van der Waals surface area contributed by atoms with Crippen LogP contribution >= 0.6 is 0 Å². The fourth-order valence-corrected chi connectivity index (χ4v) is 1.15. The molecule has 0 saturated carbocycles. The molecule has 1 aromatic heterocycles. The lowest BCUT2D eigenvalue weighted by Crippen LogP contribution is -2.11. The van der Waals surface area contributed by atoms with Crippen LogP contribution in [0.3, 0.4) is 0 Å². The molecule has 0 aromatic carbocycles. The van der Waals surface area contributed by atoms with Crippen molar-refractivity contribution in [3.8, 4) is 0 Å². The van der Waals surface area contributed by atoms with Gasteiger partial charge in [0, 0.05) is 7.05 Å². The zero-order valence-corrected chi connectivity index (χ0v) is 8.47. The van der Waals surface area contributed by atoms with Crippen LogP contribution in [-0.4, -0.2) is 27.1 Å². The predicted octanol–water partition coefficient (Wildman–Crippen LogP) is 0.434. The molecule has 0 aliphatic heterocycles. The number of nitrogens with zero attached hydrogens (tertiary/aromatic N) is 3. The molecule has 0 fully saturated rings. The number of rotatable bonds is 4. The van der Waals surface area contributed by atoms with Crippen LogP contribution in [0, 0.1) is 10.1 Å². The van der Waals surface area contributed by atoms with Gasteiger partial charge in [0.1, 0.15) is 5.69 Å². The Morgan fingerprint density at radius 1 is 1.73 bits per heavy atom. The van der Waals surface area contributed by atoms with Crippen molar-refractivity contribution in [2.24, 2.45) is 7.05 Å². The number of aromatic nitrogens is 2. The van der Waals surface area contributed by atoms with Gasteiger partial charge in [-0.1, -0.05) is 0 Å². The van der Waals surface area contributed by atoms with E-state index in [1.54, 1.807) is 14.0 Å². The molecule has 82 valence electrons. The third kappa shape index (κ3) is 2.52. The second-order valence-electron chi connectivity index (χ2n) is 2.86. The minimum atomic E-state index is -0.617. The van der Waals surface area contributed by atoms with Crippen LogP contribution in [0.4, 0.5) is 5.82 Å². The fraction of sp³-hybridized carbons (Fsp3) is 0.500. The molecule has 15 heavy (non-hydrogen) atoms. The number of esters is 1. The van der Waals surface area contributed by atoms with Crippen LogP contribution < -0.4 is 0 Å². The molecule has 0 atom stereocenters. The first kappa shape index (κ1) is 11.2. The van der Waals surface area contributed by atoms with Gasteiger partial charge in [0.25, 0.3) is 0 Å². The number of hydrogen-bond acceptors (Lipinski definition) is 5. The molecule has 0 amide bonds. The molecule has 0 aliphatic rings. The Hall–Kier alpha value is -1.92. The average molecular weight is 213 g/mol. The van der Waals surface area contributed by atoms with E-state index in [1.165, 1.54) is 10.9 Å². The number of nitro groups is 1. The molecular formula is C8H11N3O4. The zero-order chi connectivity index (χ0) is 11.4. The zero-order valence-electron chi connectivity index (χ0n) is 8.47. The lowest BCUT2D eigenvalue weighted by atomic mass is 10.3. The summed E-state index contributed by atoms with van der Waals surface area (Å²) in [7, 11) is 1.59. The van der Waals surface area contributed by atoms with Gasteiger partial charge in [-0.2, -0.15) is 0 Å². The standard InChI is InChI=1S/C8H11N3O4/c1-3-15-7(12)4-6-8(11(13)14)9-5-10(6)2/h5H,3-4H2,1-2H3. The Morgan fingerprint density at radius 2 is 2.40 bits per heavy atom. The molecule has 0 spiro atoms. The first-order valence-electron chi connectivity index (χ1n) is 4.36. The summed E-state index contributed by atoms with van der Waals surface area (Å²) in [6, 6.07) is 0. The van der Waals surface area contributed by atoms with Crippen molar-refractivity contribution in [1.82, 2.24) is 9.55 Å². The van der Waals surface area contributed by atoms with E-state index in [1.807, 2.05) is 0 Å². The highest BCUT2D eigenvalue weighted by Crippen LogP contribution is 2.15. The van der Waals surface area contributed by atoms with Gasteiger partial charge in [0.2, 0.25) is 6.33 Å². The fourth-order valence-electron chi connectivity index (χ4n) is 1.15. The van der Waals surface area contributed by atoms with Crippen molar-refractivity contribution in [1.29, 1.82) is 0 Å². The van der Waals surface area contributed by atoms with Crippen LogP contribution in [0.15, 0.2) is 6.33 Å². The largest absolute Gasteiger partial charge is 0.466 e. The van der Waals surface area contributed by atoms with Gasteiger partial charge in [-0.25, -0.2) is 0 Å². The maximum absolute atomic E-state index is 11.2. The van der Waals surface area contributed by atoms with Crippen molar-refractivity contribution in [3.63, 3.8) is 0 Å². The second kappa shape index (κ2) is 4.54. The van der Waals surface area contributed by atoms with Crippen LogP contribution in [-0.2, 0) is 23.0 Å². The van der Waals surface area contributed by atoms with Gasteiger partial charge in [-0.05, 0) is 16.8 Å². The highest BCUT2D eigenvalue weighted by atomic mass is 16.6. The molecule has 1 heterocycles. The molecule has 0 bridgehead atoms. The first-order valence-corrected chi connectivity index (χ1v) is 4.36.